The van der Waals surface area contributed by atoms with Gasteiger partial charge in [-0.1, -0.05) is 48.5 Å². The molecule has 4 aromatic rings. The van der Waals surface area contributed by atoms with Crippen LogP contribution >= 0.6 is 0 Å². The van der Waals surface area contributed by atoms with Crippen molar-refractivity contribution in [2.24, 2.45) is 5.92 Å². The van der Waals surface area contributed by atoms with E-state index >= 15 is 0 Å². The lowest BCUT2D eigenvalue weighted by atomic mass is 9.89. The second-order valence-corrected chi connectivity index (χ2v) is 8.47. The summed E-state index contributed by atoms with van der Waals surface area (Å²) in [7, 11) is 3.11. The van der Waals surface area contributed by atoms with Crippen molar-refractivity contribution < 1.29 is 23.8 Å². The van der Waals surface area contributed by atoms with Crippen LogP contribution in [0.4, 0.5) is 5.95 Å². The Labute approximate surface area is 209 Å². The standard InChI is InChI=1S/C28H27N3O5/c1-4-36-27(33)24-25(19-14-15-22(34-2)23(16-19)35-3)31-21-13-9-8-12-20(21)29-28(31)30(26(24)32)17-18-10-6-5-7-11-18/h5-16,24-25H,4,17H2,1-3H3/t24-,25-/m0/s1. The fourth-order valence-corrected chi connectivity index (χ4v) is 4.80. The van der Waals surface area contributed by atoms with E-state index in [0.29, 0.717) is 23.0 Å². The molecule has 0 spiro atoms. The van der Waals surface area contributed by atoms with Crippen molar-refractivity contribution in [3.63, 3.8) is 0 Å². The van der Waals surface area contributed by atoms with Gasteiger partial charge in [-0.15, -0.1) is 0 Å². The monoisotopic (exact) mass is 485 g/mol. The van der Waals surface area contributed by atoms with Gasteiger partial charge in [0.2, 0.25) is 11.9 Å². The van der Waals surface area contributed by atoms with Crippen LogP contribution in [0.3, 0.4) is 0 Å². The highest BCUT2D eigenvalue weighted by molar-refractivity contribution is 6.08. The normalized spacial score (nSPS) is 17.1. The van der Waals surface area contributed by atoms with Gasteiger partial charge in [0.1, 0.15) is 0 Å². The van der Waals surface area contributed by atoms with Gasteiger partial charge < -0.3 is 18.8 Å². The molecule has 1 aliphatic rings. The van der Waals surface area contributed by atoms with Crippen LogP contribution < -0.4 is 14.4 Å². The van der Waals surface area contributed by atoms with E-state index in [4.69, 9.17) is 19.2 Å². The number of para-hydroxylation sites is 2. The molecule has 2 heterocycles. The summed E-state index contributed by atoms with van der Waals surface area (Å²) in [6.07, 6.45) is 0. The van der Waals surface area contributed by atoms with Crippen molar-refractivity contribution >= 4 is 28.9 Å². The molecule has 8 nitrogen and oxygen atoms in total. The number of ether oxygens (including phenoxy) is 3. The number of carbonyl (C=O) groups is 2. The Kier molecular flexibility index (Phi) is 6.33. The van der Waals surface area contributed by atoms with Crippen molar-refractivity contribution in [2.45, 2.75) is 19.5 Å². The molecule has 36 heavy (non-hydrogen) atoms. The summed E-state index contributed by atoms with van der Waals surface area (Å²) < 4.78 is 18.3. The third-order valence-corrected chi connectivity index (χ3v) is 6.42. The maximum absolute atomic E-state index is 14.1. The van der Waals surface area contributed by atoms with E-state index in [0.717, 1.165) is 16.6 Å². The van der Waals surface area contributed by atoms with Gasteiger partial charge >= 0.3 is 5.97 Å². The molecule has 1 amide bonds. The van der Waals surface area contributed by atoms with E-state index in [1.165, 1.54) is 0 Å². The second kappa shape index (κ2) is 9.73. The SMILES string of the molecule is CCOC(=O)[C@@H]1C(=O)N(Cc2ccccc2)c2nc3ccccc3n2[C@H]1c1ccc(OC)c(OC)c1. The van der Waals surface area contributed by atoms with Gasteiger partial charge in [-0.3, -0.25) is 14.5 Å². The summed E-state index contributed by atoms with van der Waals surface area (Å²) in [5.74, 6) is -0.522. The summed E-state index contributed by atoms with van der Waals surface area (Å²) in [5, 5.41) is 0. The van der Waals surface area contributed by atoms with Crippen molar-refractivity contribution in [1.82, 2.24) is 9.55 Å². The summed E-state index contributed by atoms with van der Waals surface area (Å²) in [4.78, 5) is 33.8. The number of methoxy groups -OCH3 is 2. The minimum atomic E-state index is -1.11. The number of rotatable bonds is 7. The first-order valence-electron chi connectivity index (χ1n) is 11.8. The molecular weight excluding hydrogens is 458 g/mol. The summed E-state index contributed by atoms with van der Waals surface area (Å²) in [6.45, 7) is 2.17. The van der Waals surface area contributed by atoms with Crippen LogP contribution in [0.1, 0.15) is 24.1 Å². The first kappa shape index (κ1) is 23.4. The molecule has 0 bridgehead atoms. The molecule has 1 aromatic heterocycles. The third kappa shape index (κ3) is 3.94. The minimum absolute atomic E-state index is 0.164. The molecule has 184 valence electrons. The summed E-state index contributed by atoms with van der Waals surface area (Å²) in [5.41, 5.74) is 3.18. The largest absolute Gasteiger partial charge is 0.493 e. The lowest BCUT2D eigenvalue weighted by molar-refractivity contribution is -0.153. The first-order chi connectivity index (χ1) is 17.6. The van der Waals surface area contributed by atoms with E-state index in [1.807, 2.05) is 65.2 Å². The number of amides is 1. The van der Waals surface area contributed by atoms with E-state index in [-0.39, 0.29) is 19.1 Å². The molecular formula is C28H27N3O5. The highest BCUT2D eigenvalue weighted by atomic mass is 16.5. The fourth-order valence-electron chi connectivity index (χ4n) is 4.80. The number of carbonyl (C=O) groups excluding carboxylic acids is 2. The molecule has 0 N–H and O–H groups in total. The maximum Gasteiger partial charge on any atom is 0.321 e. The van der Waals surface area contributed by atoms with Gasteiger partial charge in [0, 0.05) is 0 Å². The molecule has 1 aliphatic heterocycles. The van der Waals surface area contributed by atoms with Crippen LogP contribution in [0.15, 0.2) is 72.8 Å². The predicted octanol–water partition coefficient (Wildman–Crippen LogP) is 4.37. The molecule has 0 saturated heterocycles. The molecule has 0 saturated carbocycles. The van der Waals surface area contributed by atoms with E-state index in [1.54, 1.807) is 38.2 Å². The smallest absolute Gasteiger partial charge is 0.321 e. The minimum Gasteiger partial charge on any atom is -0.493 e. The van der Waals surface area contributed by atoms with Crippen LogP contribution in [-0.4, -0.2) is 42.3 Å². The lowest BCUT2D eigenvalue weighted by Crippen LogP contribution is -2.49. The Balaban J connectivity index is 1.75. The number of hydrogen-bond donors (Lipinski definition) is 0. The molecule has 5 rings (SSSR count). The van der Waals surface area contributed by atoms with Gasteiger partial charge in [0.15, 0.2) is 17.4 Å². The van der Waals surface area contributed by atoms with Crippen molar-refractivity contribution in [2.75, 3.05) is 25.7 Å². The van der Waals surface area contributed by atoms with Crippen LogP contribution in [0.2, 0.25) is 0 Å². The predicted molar refractivity (Wildman–Crippen MR) is 135 cm³/mol. The number of esters is 1. The van der Waals surface area contributed by atoms with Gasteiger partial charge in [-0.2, -0.15) is 0 Å². The number of hydrogen-bond acceptors (Lipinski definition) is 6. The van der Waals surface area contributed by atoms with Gasteiger partial charge in [0.25, 0.3) is 0 Å². The Morgan fingerprint density at radius 1 is 0.944 bits per heavy atom. The number of benzene rings is 3. The molecule has 8 heteroatoms. The van der Waals surface area contributed by atoms with Gasteiger partial charge in [-0.05, 0) is 42.3 Å². The first-order valence-corrected chi connectivity index (χ1v) is 11.8. The van der Waals surface area contributed by atoms with E-state index < -0.39 is 17.9 Å². The van der Waals surface area contributed by atoms with Crippen LogP contribution in [0.25, 0.3) is 11.0 Å². The van der Waals surface area contributed by atoms with E-state index in [9.17, 15) is 9.59 Å². The number of anilines is 1. The zero-order valence-electron chi connectivity index (χ0n) is 20.4. The summed E-state index contributed by atoms with van der Waals surface area (Å²) in [6, 6.07) is 22.0. The van der Waals surface area contributed by atoms with Crippen LogP contribution in [0.5, 0.6) is 11.5 Å². The number of nitrogens with zero attached hydrogens (tertiary/aromatic N) is 3. The number of fused-ring (bicyclic) bond motifs is 3. The molecule has 3 aromatic carbocycles. The maximum atomic E-state index is 14.1. The van der Waals surface area contributed by atoms with Crippen molar-refractivity contribution in [3.05, 3.63) is 83.9 Å². The molecule has 0 radical (unpaired) electrons. The van der Waals surface area contributed by atoms with Gasteiger partial charge in [0.05, 0.1) is 44.4 Å². The number of aromatic nitrogens is 2. The molecule has 0 fully saturated rings. The molecule has 2 atom stereocenters. The Morgan fingerprint density at radius 2 is 1.67 bits per heavy atom. The highest BCUT2D eigenvalue weighted by Crippen LogP contribution is 2.43. The topological polar surface area (TPSA) is 82.9 Å². The second-order valence-electron chi connectivity index (χ2n) is 8.47. The van der Waals surface area contributed by atoms with E-state index in [2.05, 4.69) is 0 Å². The Morgan fingerprint density at radius 3 is 2.39 bits per heavy atom. The molecule has 0 unspecified atom stereocenters. The van der Waals surface area contributed by atoms with Crippen LogP contribution in [-0.2, 0) is 20.9 Å². The highest BCUT2D eigenvalue weighted by Gasteiger charge is 2.48. The number of imidazole rings is 1. The third-order valence-electron chi connectivity index (χ3n) is 6.42. The van der Waals surface area contributed by atoms with Crippen molar-refractivity contribution in [1.29, 1.82) is 0 Å². The van der Waals surface area contributed by atoms with Crippen LogP contribution in [0, 0.1) is 5.92 Å². The zero-order valence-corrected chi connectivity index (χ0v) is 20.4. The Hall–Kier alpha value is -4.33. The lowest BCUT2D eigenvalue weighted by Gasteiger charge is -2.38. The quantitative estimate of drug-likeness (QED) is 0.286. The Bertz CT molecular complexity index is 1420. The average molecular weight is 486 g/mol. The average Bonchev–Trinajstić information content (AvgIpc) is 3.29. The fraction of sp³-hybridized carbons (Fsp3) is 0.250. The summed E-state index contributed by atoms with van der Waals surface area (Å²) >= 11 is 0. The van der Waals surface area contributed by atoms with Gasteiger partial charge in [-0.25, -0.2) is 4.98 Å². The van der Waals surface area contributed by atoms with Crippen molar-refractivity contribution in [3.8, 4) is 11.5 Å². The molecule has 0 aliphatic carbocycles. The zero-order chi connectivity index (χ0) is 25.2.